The third-order valence-electron chi connectivity index (χ3n) is 2.36. The Hall–Kier alpha value is -1.70. The van der Waals surface area contributed by atoms with E-state index in [-0.39, 0.29) is 6.61 Å². The molecule has 2 heterocycles. The van der Waals surface area contributed by atoms with Crippen LogP contribution in [0.25, 0.3) is 0 Å². The molecule has 104 valence electrons. The number of nitrogens with one attached hydrogen (secondary N) is 1. The molecule has 0 fully saturated rings. The van der Waals surface area contributed by atoms with Gasteiger partial charge >= 0.3 is 0 Å². The van der Waals surface area contributed by atoms with Crippen LogP contribution in [0.2, 0.25) is 0 Å². The molecule has 0 saturated heterocycles. The number of rotatable bonds is 8. The Morgan fingerprint density at radius 3 is 3.11 bits per heavy atom. The highest BCUT2D eigenvalue weighted by Crippen LogP contribution is 2.02. The summed E-state index contributed by atoms with van der Waals surface area (Å²) < 4.78 is 15.3. The first-order valence-corrected chi connectivity index (χ1v) is 6.02. The van der Waals surface area contributed by atoms with Gasteiger partial charge in [-0.1, -0.05) is 5.16 Å². The first-order valence-electron chi connectivity index (χ1n) is 6.02. The normalized spacial score (nSPS) is 12.7. The SMILES string of the molecule is Cc1noc(CNCC(O)COCc2ccco2)n1. The summed E-state index contributed by atoms with van der Waals surface area (Å²) in [6.07, 6.45) is 0.988. The Labute approximate surface area is 110 Å². The molecule has 1 unspecified atom stereocenters. The molecule has 2 aromatic rings. The lowest BCUT2D eigenvalue weighted by molar-refractivity contribution is 0.0223. The molecule has 0 spiro atoms. The number of aliphatic hydroxyl groups excluding tert-OH is 1. The van der Waals surface area contributed by atoms with E-state index in [4.69, 9.17) is 13.7 Å². The zero-order valence-corrected chi connectivity index (χ0v) is 10.7. The lowest BCUT2D eigenvalue weighted by Crippen LogP contribution is -2.30. The fourth-order valence-electron chi connectivity index (χ4n) is 1.51. The first-order chi connectivity index (χ1) is 9.24. The fraction of sp³-hybridized carbons (Fsp3) is 0.500. The molecule has 7 nitrogen and oxygen atoms in total. The third kappa shape index (κ3) is 4.82. The van der Waals surface area contributed by atoms with E-state index in [2.05, 4.69) is 15.5 Å². The van der Waals surface area contributed by atoms with Crippen molar-refractivity contribution in [3.63, 3.8) is 0 Å². The van der Waals surface area contributed by atoms with Crippen molar-refractivity contribution in [1.82, 2.24) is 15.5 Å². The summed E-state index contributed by atoms with van der Waals surface area (Å²) in [4.78, 5) is 4.04. The maximum absolute atomic E-state index is 9.68. The summed E-state index contributed by atoms with van der Waals surface area (Å²) in [5.74, 6) is 1.84. The number of aryl methyl sites for hydroxylation is 1. The van der Waals surface area contributed by atoms with Crippen LogP contribution in [0.15, 0.2) is 27.3 Å². The number of hydrogen-bond acceptors (Lipinski definition) is 7. The summed E-state index contributed by atoms with van der Waals surface area (Å²) >= 11 is 0. The van der Waals surface area contributed by atoms with Crippen molar-refractivity contribution >= 4 is 0 Å². The molecule has 0 radical (unpaired) electrons. The highest BCUT2D eigenvalue weighted by Gasteiger charge is 2.07. The topological polar surface area (TPSA) is 93.6 Å². The van der Waals surface area contributed by atoms with E-state index in [1.54, 1.807) is 19.3 Å². The molecule has 7 heteroatoms. The second-order valence-electron chi connectivity index (χ2n) is 4.11. The van der Waals surface area contributed by atoms with Crippen molar-refractivity contribution in [3.05, 3.63) is 35.9 Å². The highest BCUT2D eigenvalue weighted by atomic mass is 16.5. The molecular weight excluding hydrogens is 250 g/mol. The van der Waals surface area contributed by atoms with Crippen LogP contribution in [0.4, 0.5) is 0 Å². The maximum atomic E-state index is 9.68. The summed E-state index contributed by atoms with van der Waals surface area (Å²) in [6, 6.07) is 3.62. The number of aromatic nitrogens is 2. The molecule has 1 atom stereocenters. The predicted octanol–water partition coefficient (Wildman–Crippen LogP) is 0.638. The Bertz CT molecular complexity index is 469. The van der Waals surface area contributed by atoms with Gasteiger partial charge in [0.2, 0.25) is 5.89 Å². The lowest BCUT2D eigenvalue weighted by Gasteiger charge is -2.10. The number of furan rings is 1. The van der Waals surface area contributed by atoms with Gasteiger partial charge in [-0.3, -0.25) is 0 Å². The molecule has 0 aliphatic rings. The van der Waals surface area contributed by atoms with Crippen molar-refractivity contribution in [1.29, 1.82) is 0 Å². The molecule has 0 aliphatic heterocycles. The average molecular weight is 267 g/mol. The molecular formula is C12H17N3O4. The van der Waals surface area contributed by atoms with Crippen molar-refractivity contribution < 1.29 is 18.8 Å². The van der Waals surface area contributed by atoms with Gasteiger partial charge in [-0.2, -0.15) is 4.98 Å². The van der Waals surface area contributed by atoms with Crippen LogP contribution >= 0.6 is 0 Å². The van der Waals surface area contributed by atoms with Gasteiger partial charge in [0.15, 0.2) is 5.82 Å². The largest absolute Gasteiger partial charge is 0.467 e. The van der Waals surface area contributed by atoms with Crippen LogP contribution in [-0.2, 0) is 17.9 Å². The number of aliphatic hydroxyl groups is 1. The van der Waals surface area contributed by atoms with Crippen LogP contribution in [-0.4, -0.2) is 34.5 Å². The van der Waals surface area contributed by atoms with E-state index in [1.807, 2.05) is 6.07 Å². The van der Waals surface area contributed by atoms with Crippen molar-refractivity contribution in [2.24, 2.45) is 0 Å². The number of hydrogen-bond donors (Lipinski definition) is 2. The van der Waals surface area contributed by atoms with Gasteiger partial charge < -0.3 is 24.1 Å². The second kappa shape index (κ2) is 7.03. The van der Waals surface area contributed by atoms with E-state index in [1.165, 1.54) is 0 Å². The third-order valence-corrected chi connectivity index (χ3v) is 2.36. The Morgan fingerprint density at radius 1 is 1.53 bits per heavy atom. The van der Waals surface area contributed by atoms with E-state index in [9.17, 15) is 5.11 Å². The predicted molar refractivity (Wildman–Crippen MR) is 65.1 cm³/mol. The van der Waals surface area contributed by atoms with Crippen LogP contribution in [0.3, 0.4) is 0 Å². The van der Waals surface area contributed by atoms with E-state index in [0.29, 0.717) is 31.4 Å². The maximum Gasteiger partial charge on any atom is 0.240 e. The molecule has 2 rings (SSSR count). The molecule has 0 amide bonds. The van der Waals surface area contributed by atoms with Crippen LogP contribution in [0.1, 0.15) is 17.5 Å². The van der Waals surface area contributed by atoms with Gasteiger partial charge in [-0.05, 0) is 19.1 Å². The van der Waals surface area contributed by atoms with Gasteiger partial charge in [0.25, 0.3) is 0 Å². The quantitative estimate of drug-likeness (QED) is 0.724. The van der Waals surface area contributed by atoms with Gasteiger partial charge in [0.1, 0.15) is 12.4 Å². The molecule has 19 heavy (non-hydrogen) atoms. The van der Waals surface area contributed by atoms with E-state index in [0.717, 1.165) is 5.76 Å². The van der Waals surface area contributed by atoms with E-state index < -0.39 is 6.10 Å². The van der Waals surface area contributed by atoms with Crippen molar-refractivity contribution in [2.75, 3.05) is 13.2 Å². The molecule has 2 N–H and O–H groups in total. The Morgan fingerprint density at radius 2 is 2.42 bits per heavy atom. The fourth-order valence-corrected chi connectivity index (χ4v) is 1.51. The summed E-state index contributed by atoms with van der Waals surface area (Å²) in [5.41, 5.74) is 0. The minimum atomic E-state index is -0.598. The van der Waals surface area contributed by atoms with Gasteiger partial charge in [-0.25, -0.2) is 0 Å². The van der Waals surface area contributed by atoms with E-state index >= 15 is 0 Å². The Kier molecular flexibility index (Phi) is 5.08. The Balaban J connectivity index is 1.55. The highest BCUT2D eigenvalue weighted by molar-refractivity contribution is 4.96. The van der Waals surface area contributed by atoms with Gasteiger partial charge in [-0.15, -0.1) is 0 Å². The first kappa shape index (κ1) is 13.7. The second-order valence-corrected chi connectivity index (χ2v) is 4.11. The minimum Gasteiger partial charge on any atom is -0.467 e. The average Bonchev–Trinajstić information content (AvgIpc) is 3.01. The minimum absolute atomic E-state index is 0.233. The zero-order valence-electron chi connectivity index (χ0n) is 10.7. The monoisotopic (exact) mass is 267 g/mol. The smallest absolute Gasteiger partial charge is 0.240 e. The zero-order chi connectivity index (χ0) is 13.5. The molecule has 0 aromatic carbocycles. The van der Waals surface area contributed by atoms with Crippen LogP contribution in [0, 0.1) is 6.92 Å². The summed E-state index contributed by atoms with van der Waals surface area (Å²) in [7, 11) is 0. The van der Waals surface area contributed by atoms with Crippen molar-refractivity contribution in [3.8, 4) is 0 Å². The number of ether oxygens (including phenoxy) is 1. The molecule has 2 aromatic heterocycles. The van der Waals surface area contributed by atoms with Gasteiger partial charge in [0, 0.05) is 6.54 Å². The number of nitrogens with zero attached hydrogens (tertiary/aromatic N) is 2. The molecule has 0 aliphatic carbocycles. The summed E-state index contributed by atoms with van der Waals surface area (Å²) in [5, 5.41) is 16.4. The molecule has 0 saturated carbocycles. The summed E-state index contributed by atoms with van der Waals surface area (Å²) in [6.45, 7) is 3.16. The van der Waals surface area contributed by atoms with Crippen LogP contribution < -0.4 is 5.32 Å². The van der Waals surface area contributed by atoms with Gasteiger partial charge in [0.05, 0.1) is 25.5 Å². The van der Waals surface area contributed by atoms with Crippen molar-refractivity contribution in [2.45, 2.75) is 26.2 Å². The standard InChI is InChI=1S/C12H17N3O4/c1-9-14-12(19-15-9)6-13-5-10(16)7-17-8-11-3-2-4-18-11/h2-4,10,13,16H,5-8H2,1H3. The molecule has 0 bridgehead atoms. The van der Waals surface area contributed by atoms with Crippen LogP contribution in [0.5, 0.6) is 0 Å². The lowest BCUT2D eigenvalue weighted by atomic mass is 10.3.